The van der Waals surface area contributed by atoms with E-state index in [1.54, 1.807) is 0 Å². The topological polar surface area (TPSA) is 60.2 Å². The van der Waals surface area contributed by atoms with Crippen LogP contribution in [0.1, 0.15) is 43.2 Å². The van der Waals surface area contributed by atoms with E-state index in [2.05, 4.69) is 12.1 Å². The molecule has 3 nitrogen and oxygen atoms in total. The average molecular weight is 281 g/mol. The van der Waals surface area contributed by atoms with Crippen LogP contribution < -0.4 is 5.73 Å². The van der Waals surface area contributed by atoms with Gasteiger partial charge in [-0.1, -0.05) is 43.5 Å². The first kappa shape index (κ1) is 14.5. The van der Waals surface area contributed by atoms with E-state index in [4.69, 9.17) is 5.73 Å². The van der Waals surface area contributed by atoms with Crippen LogP contribution in [0.5, 0.6) is 0 Å². The summed E-state index contributed by atoms with van der Waals surface area (Å²) in [5.74, 6) is 0.114. The lowest BCUT2D eigenvalue weighted by Gasteiger charge is -2.37. The van der Waals surface area contributed by atoms with Crippen LogP contribution in [0.3, 0.4) is 0 Å². The SMILES string of the molecule is CS(=O)(=O)Cc1ccc(C2(CN)CCCCC2)cc1. The van der Waals surface area contributed by atoms with E-state index < -0.39 is 9.84 Å². The Balaban J connectivity index is 2.21. The standard InChI is InChI=1S/C15H23NO2S/c1-19(17,18)11-13-5-7-14(8-6-13)15(12-16)9-3-2-4-10-15/h5-8H,2-4,9-12,16H2,1H3. The van der Waals surface area contributed by atoms with Crippen molar-refractivity contribution in [3.8, 4) is 0 Å². The maximum Gasteiger partial charge on any atom is 0.151 e. The summed E-state index contributed by atoms with van der Waals surface area (Å²) in [6.07, 6.45) is 7.34. The number of hydrogen-bond acceptors (Lipinski definition) is 3. The number of nitrogens with two attached hydrogens (primary N) is 1. The monoisotopic (exact) mass is 281 g/mol. The molecule has 1 aliphatic carbocycles. The Morgan fingerprint density at radius 1 is 1.11 bits per heavy atom. The molecule has 0 unspecified atom stereocenters. The van der Waals surface area contributed by atoms with Gasteiger partial charge in [-0.15, -0.1) is 0 Å². The smallest absolute Gasteiger partial charge is 0.151 e. The molecule has 1 aliphatic rings. The van der Waals surface area contributed by atoms with Crippen LogP contribution in [-0.2, 0) is 21.0 Å². The number of hydrogen-bond donors (Lipinski definition) is 1. The summed E-state index contributed by atoms with van der Waals surface area (Å²) in [5, 5.41) is 0. The van der Waals surface area contributed by atoms with Gasteiger partial charge in [-0.2, -0.15) is 0 Å². The van der Waals surface area contributed by atoms with Crippen LogP contribution >= 0.6 is 0 Å². The van der Waals surface area contributed by atoms with Gasteiger partial charge >= 0.3 is 0 Å². The largest absolute Gasteiger partial charge is 0.330 e. The quantitative estimate of drug-likeness (QED) is 0.922. The summed E-state index contributed by atoms with van der Waals surface area (Å²) in [6.45, 7) is 0.679. The van der Waals surface area contributed by atoms with Gasteiger partial charge < -0.3 is 5.73 Å². The third-order valence-electron chi connectivity index (χ3n) is 4.20. The second kappa shape index (κ2) is 5.63. The Hall–Kier alpha value is -0.870. The van der Waals surface area contributed by atoms with E-state index in [9.17, 15) is 8.42 Å². The van der Waals surface area contributed by atoms with Crippen molar-refractivity contribution in [2.75, 3.05) is 12.8 Å². The molecular formula is C15H23NO2S. The third-order valence-corrected chi connectivity index (χ3v) is 5.05. The predicted octanol–water partition coefficient (Wildman–Crippen LogP) is 2.39. The number of rotatable bonds is 4. The normalized spacial score (nSPS) is 19.3. The molecule has 19 heavy (non-hydrogen) atoms. The molecule has 2 N–H and O–H groups in total. The van der Waals surface area contributed by atoms with Crippen molar-refractivity contribution >= 4 is 9.84 Å². The Kier molecular flexibility index (Phi) is 4.31. The van der Waals surface area contributed by atoms with Crippen molar-refractivity contribution in [1.29, 1.82) is 0 Å². The fourth-order valence-electron chi connectivity index (χ4n) is 3.10. The highest BCUT2D eigenvalue weighted by Crippen LogP contribution is 2.38. The molecule has 2 rings (SSSR count). The molecule has 0 atom stereocenters. The number of sulfone groups is 1. The molecular weight excluding hydrogens is 258 g/mol. The summed E-state index contributed by atoms with van der Waals surface area (Å²) in [4.78, 5) is 0. The van der Waals surface area contributed by atoms with Crippen molar-refractivity contribution < 1.29 is 8.42 Å². The molecule has 1 fully saturated rings. The fraction of sp³-hybridized carbons (Fsp3) is 0.600. The van der Waals surface area contributed by atoms with Crippen LogP contribution in [0.25, 0.3) is 0 Å². The molecule has 0 bridgehead atoms. The zero-order valence-corrected chi connectivity index (χ0v) is 12.4. The second-order valence-electron chi connectivity index (χ2n) is 5.81. The number of benzene rings is 1. The molecule has 0 amide bonds. The molecule has 1 aromatic carbocycles. The highest BCUT2D eigenvalue weighted by Gasteiger charge is 2.32. The van der Waals surface area contributed by atoms with Gasteiger partial charge in [-0.25, -0.2) is 8.42 Å². The summed E-state index contributed by atoms with van der Waals surface area (Å²) in [6, 6.07) is 8.00. The lowest BCUT2D eigenvalue weighted by molar-refractivity contribution is 0.301. The molecule has 0 heterocycles. The van der Waals surface area contributed by atoms with Gasteiger partial charge in [0.1, 0.15) is 0 Å². The highest BCUT2D eigenvalue weighted by atomic mass is 32.2. The van der Waals surface area contributed by atoms with Crippen LogP contribution in [0.15, 0.2) is 24.3 Å². The minimum atomic E-state index is -2.96. The van der Waals surface area contributed by atoms with Crippen LogP contribution in [0, 0.1) is 0 Å². The Morgan fingerprint density at radius 3 is 2.16 bits per heavy atom. The lowest BCUT2D eigenvalue weighted by Crippen LogP contribution is -2.37. The maximum atomic E-state index is 11.3. The van der Waals surface area contributed by atoms with Gasteiger partial charge in [0.2, 0.25) is 0 Å². The van der Waals surface area contributed by atoms with Gasteiger partial charge in [0.25, 0.3) is 0 Å². The Morgan fingerprint density at radius 2 is 1.68 bits per heavy atom. The van der Waals surface area contributed by atoms with Crippen LogP contribution in [0.4, 0.5) is 0 Å². The predicted molar refractivity (Wildman–Crippen MR) is 78.8 cm³/mol. The molecule has 1 saturated carbocycles. The van der Waals surface area contributed by atoms with E-state index in [1.165, 1.54) is 31.1 Å². The van der Waals surface area contributed by atoms with Gasteiger partial charge in [0, 0.05) is 18.2 Å². The minimum Gasteiger partial charge on any atom is -0.330 e. The first-order chi connectivity index (χ1) is 8.95. The van der Waals surface area contributed by atoms with Crippen LogP contribution in [-0.4, -0.2) is 21.2 Å². The Bertz CT molecular complexity index is 514. The lowest BCUT2D eigenvalue weighted by atomic mass is 9.69. The zero-order chi connectivity index (χ0) is 13.9. The molecule has 1 aromatic rings. The fourth-order valence-corrected chi connectivity index (χ4v) is 3.89. The van der Waals surface area contributed by atoms with E-state index in [0.29, 0.717) is 6.54 Å². The van der Waals surface area contributed by atoms with E-state index in [1.807, 2.05) is 12.1 Å². The highest BCUT2D eigenvalue weighted by molar-refractivity contribution is 7.89. The van der Waals surface area contributed by atoms with Crippen molar-refractivity contribution in [2.24, 2.45) is 5.73 Å². The molecule has 106 valence electrons. The summed E-state index contributed by atoms with van der Waals surface area (Å²) in [5.41, 5.74) is 8.25. The summed E-state index contributed by atoms with van der Waals surface area (Å²) < 4.78 is 22.6. The van der Waals surface area contributed by atoms with Crippen LogP contribution in [0.2, 0.25) is 0 Å². The summed E-state index contributed by atoms with van der Waals surface area (Å²) >= 11 is 0. The molecule has 0 spiro atoms. The van der Waals surface area contributed by atoms with Gasteiger partial charge in [-0.3, -0.25) is 0 Å². The van der Waals surface area contributed by atoms with Gasteiger partial charge in [0.15, 0.2) is 9.84 Å². The molecule has 4 heteroatoms. The second-order valence-corrected chi connectivity index (χ2v) is 7.95. The van der Waals surface area contributed by atoms with E-state index in [0.717, 1.165) is 18.4 Å². The van der Waals surface area contributed by atoms with Crippen molar-refractivity contribution in [2.45, 2.75) is 43.3 Å². The van der Waals surface area contributed by atoms with E-state index in [-0.39, 0.29) is 11.2 Å². The third kappa shape index (κ3) is 3.57. The van der Waals surface area contributed by atoms with Crippen molar-refractivity contribution in [1.82, 2.24) is 0 Å². The van der Waals surface area contributed by atoms with E-state index >= 15 is 0 Å². The molecule has 0 saturated heterocycles. The maximum absolute atomic E-state index is 11.3. The van der Waals surface area contributed by atoms with Crippen molar-refractivity contribution in [3.05, 3.63) is 35.4 Å². The average Bonchev–Trinajstić information content (AvgIpc) is 2.38. The molecule has 0 aliphatic heterocycles. The first-order valence-electron chi connectivity index (χ1n) is 6.92. The summed E-state index contributed by atoms with van der Waals surface area (Å²) in [7, 11) is -2.96. The van der Waals surface area contributed by atoms with Gasteiger partial charge in [-0.05, 0) is 24.0 Å². The molecule has 0 radical (unpaired) electrons. The Labute approximate surface area is 116 Å². The van der Waals surface area contributed by atoms with Crippen molar-refractivity contribution in [3.63, 3.8) is 0 Å². The molecule has 0 aromatic heterocycles. The minimum absolute atomic E-state index is 0.113. The first-order valence-corrected chi connectivity index (χ1v) is 8.98. The zero-order valence-electron chi connectivity index (χ0n) is 11.6. The van der Waals surface area contributed by atoms with Gasteiger partial charge in [0.05, 0.1) is 5.75 Å².